The molecule has 96 valence electrons. The molecular weight excluding hydrogens is 212 g/mol. The summed E-state index contributed by atoms with van der Waals surface area (Å²) in [4.78, 5) is 6.97. The van der Waals surface area contributed by atoms with Crippen molar-refractivity contribution in [1.29, 1.82) is 0 Å². The van der Waals surface area contributed by atoms with Crippen LogP contribution in [-0.2, 0) is 6.54 Å². The molecular formula is C13H24N4. The summed E-state index contributed by atoms with van der Waals surface area (Å²) in [5, 5.41) is 0. The van der Waals surface area contributed by atoms with Gasteiger partial charge in [-0.25, -0.2) is 4.98 Å². The monoisotopic (exact) mass is 236 g/mol. The lowest BCUT2D eigenvalue weighted by Crippen LogP contribution is -2.26. The molecule has 17 heavy (non-hydrogen) atoms. The van der Waals surface area contributed by atoms with Crippen molar-refractivity contribution in [2.24, 2.45) is 0 Å². The van der Waals surface area contributed by atoms with Crippen LogP contribution in [0.4, 0.5) is 5.82 Å². The van der Waals surface area contributed by atoms with E-state index < -0.39 is 0 Å². The van der Waals surface area contributed by atoms with Gasteiger partial charge in [0.2, 0.25) is 0 Å². The van der Waals surface area contributed by atoms with Crippen LogP contribution in [0.5, 0.6) is 0 Å². The zero-order chi connectivity index (χ0) is 12.3. The molecule has 0 saturated carbocycles. The van der Waals surface area contributed by atoms with Crippen molar-refractivity contribution in [2.45, 2.75) is 52.1 Å². The van der Waals surface area contributed by atoms with Crippen LogP contribution in [0.3, 0.4) is 0 Å². The molecule has 0 amide bonds. The Balaban J connectivity index is 2.06. The van der Waals surface area contributed by atoms with Crippen molar-refractivity contribution in [3.63, 3.8) is 0 Å². The summed E-state index contributed by atoms with van der Waals surface area (Å²) >= 11 is 0. The maximum absolute atomic E-state index is 5.96. The fourth-order valence-corrected chi connectivity index (χ4v) is 2.62. The van der Waals surface area contributed by atoms with Crippen LogP contribution in [0.15, 0.2) is 6.20 Å². The first-order valence-corrected chi connectivity index (χ1v) is 6.72. The first kappa shape index (κ1) is 12.4. The highest BCUT2D eigenvalue weighted by atomic mass is 15.2. The first-order valence-electron chi connectivity index (χ1n) is 6.72. The summed E-state index contributed by atoms with van der Waals surface area (Å²) in [7, 11) is 0. The summed E-state index contributed by atoms with van der Waals surface area (Å²) < 4.78 is 2.14. The lowest BCUT2D eigenvalue weighted by molar-refractivity contribution is 0.264. The highest BCUT2D eigenvalue weighted by molar-refractivity contribution is 5.28. The largest absolute Gasteiger partial charge is 0.384 e. The number of rotatable bonds is 3. The van der Waals surface area contributed by atoms with Gasteiger partial charge in [-0.1, -0.05) is 12.8 Å². The fraction of sp³-hybridized carbons (Fsp3) is 0.769. The molecule has 0 spiro atoms. The topological polar surface area (TPSA) is 47.1 Å². The molecule has 1 aliphatic rings. The third-order valence-corrected chi connectivity index (χ3v) is 3.48. The van der Waals surface area contributed by atoms with Gasteiger partial charge < -0.3 is 10.3 Å². The Morgan fingerprint density at radius 1 is 1.24 bits per heavy atom. The SMILES string of the molecule is CC(C)n1c(N)cnc1CN1CCCCCC1. The molecule has 1 aliphatic heterocycles. The summed E-state index contributed by atoms with van der Waals surface area (Å²) in [6, 6.07) is 0.388. The average Bonchev–Trinajstić information content (AvgIpc) is 2.51. The smallest absolute Gasteiger partial charge is 0.124 e. The van der Waals surface area contributed by atoms with E-state index in [1.54, 1.807) is 6.20 Å². The van der Waals surface area contributed by atoms with E-state index in [1.165, 1.54) is 38.8 Å². The zero-order valence-corrected chi connectivity index (χ0v) is 11.0. The molecule has 1 fully saturated rings. The van der Waals surface area contributed by atoms with E-state index in [1.807, 2.05) is 0 Å². The van der Waals surface area contributed by atoms with Gasteiger partial charge in [-0.15, -0.1) is 0 Å². The Morgan fingerprint density at radius 2 is 1.88 bits per heavy atom. The number of anilines is 1. The van der Waals surface area contributed by atoms with Gasteiger partial charge in [0.1, 0.15) is 11.6 Å². The molecule has 0 atom stereocenters. The van der Waals surface area contributed by atoms with Crippen LogP contribution in [0.25, 0.3) is 0 Å². The van der Waals surface area contributed by atoms with Gasteiger partial charge in [0.15, 0.2) is 0 Å². The van der Waals surface area contributed by atoms with E-state index in [0.29, 0.717) is 6.04 Å². The normalized spacial score (nSPS) is 18.5. The molecule has 1 aromatic heterocycles. The van der Waals surface area contributed by atoms with Crippen molar-refractivity contribution in [2.75, 3.05) is 18.8 Å². The molecule has 1 aromatic rings. The molecule has 0 bridgehead atoms. The molecule has 1 saturated heterocycles. The van der Waals surface area contributed by atoms with Gasteiger partial charge in [-0.05, 0) is 39.8 Å². The Kier molecular flexibility index (Phi) is 4.05. The van der Waals surface area contributed by atoms with E-state index in [-0.39, 0.29) is 0 Å². The zero-order valence-electron chi connectivity index (χ0n) is 11.0. The van der Waals surface area contributed by atoms with Crippen molar-refractivity contribution in [3.8, 4) is 0 Å². The lowest BCUT2D eigenvalue weighted by atomic mass is 10.2. The van der Waals surface area contributed by atoms with Crippen LogP contribution in [0, 0.1) is 0 Å². The van der Waals surface area contributed by atoms with Gasteiger partial charge in [0, 0.05) is 6.04 Å². The molecule has 0 aromatic carbocycles. The molecule has 4 nitrogen and oxygen atoms in total. The minimum absolute atomic E-state index is 0.388. The number of hydrogen-bond donors (Lipinski definition) is 1. The minimum atomic E-state index is 0.388. The number of likely N-dealkylation sites (tertiary alicyclic amines) is 1. The summed E-state index contributed by atoms with van der Waals surface area (Å²) in [5.74, 6) is 1.89. The van der Waals surface area contributed by atoms with Crippen molar-refractivity contribution >= 4 is 5.82 Å². The number of nitrogen functional groups attached to an aromatic ring is 1. The summed E-state index contributed by atoms with van der Waals surface area (Å²) in [5.41, 5.74) is 5.96. The first-order chi connectivity index (χ1) is 8.18. The van der Waals surface area contributed by atoms with Crippen molar-refractivity contribution < 1.29 is 0 Å². The number of aromatic nitrogens is 2. The Labute approximate surface area is 104 Å². The second-order valence-corrected chi connectivity index (χ2v) is 5.25. The van der Waals surface area contributed by atoms with Crippen molar-refractivity contribution in [3.05, 3.63) is 12.0 Å². The predicted molar refractivity (Wildman–Crippen MR) is 70.8 cm³/mol. The third-order valence-electron chi connectivity index (χ3n) is 3.48. The standard InChI is InChI=1S/C13H24N4/c1-11(2)17-12(14)9-15-13(17)10-16-7-5-3-4-6-8-16/h9,11H,3-8,10,14H2,1-2H3. The van der Waals surface area contributed by atoms with Gasteiger partial charge in [0.05, 0.1) is 12.7 Å². The van der Waals surface area contributed by atoms with Gasteiger partial charge in [-0.2, -0.15) is 0 Å². The summed E-state index contributed by atoms with van der Waals surface area (Å²) in [6.07, 6.45) is 7.16. The van der Waals surface area contributed by atoms with Gasteiger partial charge >= 0.3 is 0 Å². The van der Waals surface area contributed by atoms with E-state index in [2.05, 4.69) is 28.3 Å². The average molecular weight is 236 g/mol. The third kappa shape index (κ3) is 3.00. The predicted octanol–water partition coefficient (Wildman–Crippen LogP) is 2.42. The fourth-order valence-electron chi connectivity index (χ4n) is 2.62. The summed E-state index contributed by atoms with van der Waals surface area (Å²) in [6.45, 7) is 7.65. The molecule has 0 radical (unpaired) electrons. The molecule has 4 heteroatoms. The number of nitrogens with two attached hydrogens (primary N) is 1. The van der Waals surface area contributed by atoms with Crippen molar-refractivity contribution in [1.82, 2.24) is 14.5 Å². The van der Waals surface area contributed by atoms with Gasteiger partial charge in [0.25, 0.3) is 0 Å². The number of hydrogen-bond acceptors (Lipinski definition) is 3. The maximum Gasteiger partial charge on any atom is 0.124 e. The Morgan fingerprint density at radius 3 is 2.47 bits per heavy atom. The maximum atomic E-state index is 5.96. The van der Waals surface area contributed by atoms with E-state index >= 15 is 0 Å². The second-order valence-electron chi connectivity index (χ2n) is 5.25. The molecule has 0 unspecified atom stereocenters. The quantitative estimate of drug-likeness (QED) is 0.876. The van der Waals surface area contributed by atoms with Crippen LogP contribution in [0.1, 0.15) is 51.4 Å². The lowest BCUT2D eigenvalue weighted by Gasteiger charge is -2.21. The van der Waals surface area contributed by atoms with E-state index in [9.17, 15) is 0 Å². The number of imidazole rings is 1. The molecule has 0 aliphatic carbocycles. The Hall–Kier alpha value is -1.03. The number of nitrogens with zero attached hydrogens (tertiary/aromatic N) is 3. The van der Waals surface area contributed by atoms with Gasteiger partial charge in [-0.3, -0.25) is 4.90 Å². The molecule has 2 rings (SSSR count). The second kappa shape index (κ2) is 5.54. The van der Waals surface area contributed by atoms with Crippen LogP contribution in [-0.4, -0.2) is 27.5 Å². The minimum Gasteiger partial charge on any atom is -0.384 e. The molecule has 2 heterocycles. The highest BCUT2D eigenvalue weighted by Gasteiger charge is 2.15. The Bertz CT molecular complexity index is 348. The highest BCUT2D eigenvalue weighted by Crippen LogP contribution is 2.18. The van der Waals surface area contributed by atoms with Crippen LogP contribution in [0.2, 0.25) is 0 Å². The molecule has 2 N–H and O–H groups in total. The van der Waals surface area contributed by atoms with E-state index in [4.69, 9.17) is 5.73 Å². The van der Waals surface area contributed by atoms with Crippen LogP contribution < -0.4 is 5.73 Å². The van der Waals surface area contributed by atoms with Crippen LogP contribution >= 0.6 is 0 Å². The van der Waals surface area contributed by atoms with E-state index in [0.717, 1.165) is 18.2 Å².